The predicted molar refractivity (Wildman–Crippen MR) is 102 cm³/mol. The maximum Gasteiger partial charge on any atom is 0.416 e. The summed E-state index contributed by atoms with van der Waals surface area (Å²) in [5, 5.41) is 10.8. The molecule has 1 spiro atoms. The van der Waals surface area contributed by atoms with E-state index >= 15 is 0 Å². The second kappa shape index (κ2) is 8.68. The summed E-state index contributed by atoms with van der Waals surface area (Å²) < 4.78 is 38.6. The number of Topliss-reactive ketones (excluding diaryl/α,β-unsaturated/α-hetero) is 1. The highest BCUT2D eigenvalue weighted by Gasteiger charge is 2.52. The number of nitrogens with zero attached hydrogens (tertiary/aromatic N) is 1. The molecule has 2 amide bonds. The molecule has 31 heavy (non-hydrogen) atoms. The van der Waals surface area contributed by atoms with Crippen molar-refractivity contribution in [3.63, 3.8) is 0 Å². The van der Waals surface area contributed by atoms with Crippen LogP contribution in [-0.2, 0) is 31.9 Å². The molecule has 3 rings (SSSR count). The number of carbonyl (C=O) groups is 4. The lowest BCUT2D eigenvalue weighted by atomic mass is 9.71. The summed E-state index contributed by atoms with van der Waals surface area (Å²) in [6.45, 7) is -0.757. The minimum absolute atomic E-state index is 0.0348. The minimum Gasteiger partial charge on any atom is -0.480 e. The first-order valence-electron chi connectivity index (χ1n) is 10.0. The van der Waals surface area contributed by atoms with Crippen molar-refractivity contribution in [2.24, 2.45) is 5.92 Å². The number of ketones is 1. The molecule has 2 N–H and O–H groups in total. The molecule has 1 saturated heterocycles. The highest BCUT2D eigenvalue weighted by molar-refractivity contribution is 6.20. The van der Waals surface area contributed by atoms with Gasteiger partial charge in [0.1, 0.15) is 6.54 Å². The summed E-state index contributed by atoms with van der Waals surface area (Å²) in [6, 6.07) is 4.42. The van der Waals surface area contributed by atoms with Crippen LogP contribution in [0.5, 0.6) is 0 Å². The number of amides is 2. The zero-order valence-electron chi connectivity index (χ0n) is 16.7. The molecular weight excluding hydrogens is 417 g/mol. The zero-order chi connectivity index (χ0) is 22.8. The van der Waals surface area contributed by atoms with E-state index in [9.17, 15) is 32.3 Å². The molecule has 0 radical (unpaired) electrons. The van der Waals surface area contributed by atoms with E-state index in [1.54, 1.807) is 0 Å². The van der Waals surface area contributed by atoms with Crippen LogP contribution in [0.1, 0.15) is 49.7 Å². The van der Waals surface area contributed by atoms with Crippen molar-refractivity contribution in [2.45, 2.75) is 56.8 Å². The molecule has 1 atom stereocenters. The smallest absolute Gasteiger partial charge is 0.416 e. The van der Waals surface area contributed by atoms with E-state index in [2.05, 4.69) is 5.32 Å². The van der Waals surface area contributed by atoms with Gasteiger partial charge in [-0.15, -0.1) is 0 Å². The number of hydrogen-bond acceptors (Lipinski definition) is 4. The van der Waals surface area contributed by atoms with Gasteiger partial charge in [-0.25, -0.2) is 0 Å². The number of carbonyl (C=O) groups excluding carboxylic acids is 3. The first-order chi connectivity index (χ1) is 14.5. The van der Waals surface area contributed by atoms with Gasteiger partial charge in [-0.2, -0.15) is 13.2 Å². The van der Waals surface area contributed by atoms with Crippen LogP contribution in [0, 0.1) is 5.92 Å². The third-order valence-corrected chi connectivity index (χ3v) is 5.99. The van der Waals surface area contributed by atoms with Gasteiger partial charge >= 0.3 is 12.1 Å². The van der Waals surface area contributed by atoms with Gasteiger partial charge in [0.15, 0.2) is 11.7 Å². The number of alkyl halides is 3. The second-order valence-electron chi connectivity index (χ2n) is 8.09. The number of carboxylic acids is 1. The minimum atomic E-state index is -4.48. The van der Waals surface area contributed by atoms with Crippen LogP contribution in [0.25, 0.3) is 0 Å². The molecule has 1 saturated carbocycles. The Morgan fingerprint density at radius 2 is 1.71 bits per heavy atom. The van der Waals surface area contributed by atoms with Gasteiger partial charge < -0.3 is 15.3 Å². The zero-order valence-corrected chi connectivity index (χ0v) is 16.7. The highest BCUT2D eigenvalue weighted by atomic mass is 19.4. The summed E-state index contributed by atoms with van der Waals surface area (Å²) in [5.74, 6) is -5.23. The van der Waals surface area contributed by atoms with Crippen molar-refractivity contribution < 1.29 is 37.5 Å². The van der Waals surface area contributed by atoms with Crippen molar-refractivity contribution in [1.82, 2.24) is 10.2 Å². The van der Waals surface area contributed by atoms with Crippen molar-refractivity contribution in [3.05, 3.63) is 35.4 Å². The van der Waals surface area contributed by atoms with Crippen LogP contribution >= 0.6 is 0 Å². The maximum absolute atomic E-state index is 13.2. The third kappa shape index (κ3) is 4.88. The van der Waals surface area contributed by atoms with Gasteiger partial charge in [0.2, 0.25) is 11.8 Å². The monoisotopic (exact) mass is 440 g/mol. The molecule has 10 heteroatoms. The molecule has 1 unspecified atom stereocenters. The van der Waals surface area contributed by atoms with E-state index in [0.717, 1.165) is 31.4 Å². The Balaban J connectivity index is 1.88. The molecule has 2 aliphatic rings. The fourth-order valence-electron chi connectivity index (χ4n) is 4.46. The van der Waals surface area contributed by atoms with Gasteiger partial charge in [-0.3, -0.25) is 19.2 Å². The largest absolute Gasteiger partial charge is 0.480 e. The molecule has 1 aliphatic heterocycles. The molecule has 2 fully saturated rings. The molecule has 0 aromatic heterocycles. The number of likely N-dealkylation sites (tertiary alicyclic amines) is 1. The average molecular weight is 440 g/mol. The van der Waals surface area contributed by atoms with Crippen molar-refractivity contribution in [3.8, 4) is 0 Å². The summed E-state index contributed by atoms with van der Waals surface area (Å²) >= 11 is 0. The lowest BCUT2D eigenvalue weighted by molar-refractivity contribution is -0.162. The lowest BCUT2D eigenvalue weighted by Crippen LogP contribution is -2.63. The number of nitrogens with one attached hydrogen (secondary N) is 1. The van der Waals surface area contributed by atoms with Crippen LogP contribution in [-0.4, -0.2) is 45.7 Å². The van der Waals surface area contributed by atoms with Crippen molar-refractivity contribution in [2.75, 3.05) is 6.54 Å². The number of rotatable bonds is 5. The standard InChI is InChI=1S/C21H23F3N2O5/c22-21(23,24)14-6-4-13(5-7-14)12-26-19(31)17(18(30)25-11-16(28)29)15(27)10-20(26)8-2-1-3-9-20/h4-7,17H,1-3,8-12H2,(H,25,30)(H,28,29). The van der Waals surface area contributed by atoms with Crippen LogP contribution in [0.4, 0.5) is 13.2 Å². The molecule has 7 nitrogen and oxygen atoms in total. The predicted octanol–water partition coefficient (Wildman–Crippen LogP) is 2.53. The molecule has 1 aromatic rings. The van der Waals surface area contributed by atoms with Gasteiger partial charge in [-0.1, -0.05) is 31.4 Å². The van der Waals surface area contributed by atoms with Gasteiger partial charge in [-0.05, 0) is 30.5 Å². The number of carboxylic acid groups (broad SMARTS) is 1. The van der Waals surface area contributed by atoms with E-state index in [-0.39, 0.29) is 13.0 Å². The Morgan fingerprint density at radius 1 is 1.10 bits per heavy atom. The number of aliphatic carboxylic acids is 1. The fourth-order valence-corrected chi connectivity index (χ4v) is 4.46. The summed E-state index contributed by atoms with van der Waals surface area (Å²) in [7, 11) is 0. The van der Waals surface area contributed by atoms with Crippen molar-refractivity contribution >= 4 is 23.6 Å². The number of halogens is 3. The Bertz CT molecular complexity index is 876. The van der Waals surface area contributed by atoms with Crippen LogP contribution in [0.15, 0.2) is 24.3 Å². The second-order valence-corrected chi connectivity index (χ2v) is 8.09. The van der Waals surface area contributed by atoms with E-state index in [4.69, 9.17) is 5.11 Å². The number of piperidine rings is 1. The average Bonchev–Trinajstić information content (AvgIpc) is 2.70. The van der Waals surface area contributed by atoms with Crippen LogP contribution < -0.4 is 5.32 Å². The molecular formula is C21H23F3N2O5. The van der Waals surface area contributed by atoms with Crippen LogP contribution in [0.3, 0.4) is 0 Å². The van der Waals surface area contributed by atoms with E-state index in [1.807, 2.05) is 0 Å². The first-order valence-corrected chi connectivity index (χ1v) is 10.0. The highest BCUT2D eigenvalue weighted by Crippen LogP contribution is 2.42. The van der Waals surface area contributed by atoms with E-state index in [1.165, 1.54) is 17.0 Å². The Kier molecular flexibility index (Phi) is 6.38. The lowest BCUT2D eigenvalue weighted by Gasteiger charge is -2.50. The number of hydrogen-bond donors (Lipinski definition) is 2. The summed E-state index contributed by atoms with van der Waals surface area (Å²) in [5.41, 5.74) is -1.14. The number of benzene rings is 1. The molecule has 1 aliphatic carbocycles. The molecule has 1 heterocycles. The van der Waals surface area contributed by atoms with Gasteiger partial charge in [0.25, 0.3) is 0 Å². The normalized spacial score (nSPS) is 21.3. The first kappa shape index (κ1) is 22.8. The maximum atomic E-state index is 13.2. The van der Waals surface area contributed by atoms with Crippen LogP contribution in [0.2, 0.25) is 0 Å². The molecule has 168 valence electrons. The molecule has 0 bridgehead atoms. The van der Waals surface area contributed by atoms with Crippen molar-refractivity contribution in [1.29, 1.82) is 0 Å². The van der Waals surface area contributed by atoms with E-state index in [0.29, 0.717) is 18.4 Å². The van der Waals surface area contributed by atoms with E-state index < -0.39 is 53.3 Å². The quantitative estimate of drug-likeness (QED) is 0.685. The van der Waals surface area contributed by atoms with Gasteiger partial charge in [0.05, 0.1) is 11.1 Å². The Hall–Kier alpha value is -2.91. The SMILES string of the molecule is O=C(O)CNC(=O)C1C(=O)CC2(CCCCC2)N(Cc2ccc(C(F)(F)F)cc2)C1=O. The molecule has 1 aromatic carbocycles. The summed E-state index contributed by atoms with van der Waals surface area (Å²) in [6.07, 6.45) is -0.863. The summed E-state index contributed by atoms with van der Waals surface area (Å²) in [4.78, 5) is 50.5. The topological polar surface area (TPSA) is 104 Å². The third-order valence-electron chi connectivity index (χ3n) is 5.99. The van der Waals surface area contributed by atoms with Gasteiger partial charge in [0, 0.05) is 13.0 Å². The Labute approximate surface area is 176 Å². The fraction of sp³-hybridized carbons (Fsp3) is 0.524. The Morgan fingerprint density at radius 3 is 2.26 bits per heavy atom.